The molecule has 0 amide bonds. The molecule has 0 bridgehead atoms. The van der Waals surface area contributed by atoms with E-state index in [1.165, 1.54) is 4.90 Å². The maximum Gasteiger partial charge on any atom is 0.0406 e. The first-order valence-electron chi connectivity index (χ1n) is 4.27. The zero-order valence-electron chi connectivity index (χ0n) is 7.83. The summed E-state index contributed by atoms with van der Waals surface area (Å²) in [5, 5.41) is 1.21. The largest absolute Gasteiger partial charge is 0.327 e. The molecule has 1 aromatic carbocycles. The lowest BCUT2D eigenvalue weighted by molar-refractivity contribution is 0.731. The van der Waals surface area contributed by atoms with E-state index in [1.807, 2.05) is 31.2 Å². The topological polar surface area (TPSA) is 26.0 Å². The van der Waals surface area contributed by atoms with Gasteiger partial charge in [0.15, 0.2) is 0 Å². The summed E-state index contributed by atoms with van der Waals surface area (Å²) < 4.78 is 0. The van der Waals surface area contributed by atoms with Gasteiger partial charge in [-0.15, -0.1) is 11.8 Å². The molecule has 13 heavy (non-hydrogen) atoms. The molecule has 2 atom stereocenters. The van der Waals surface area contributed by atoms with Gasteiger partial charge in [-0.2, -0.15) is 0 Å². The number of rotatable bonds is 3. The molecule has 1 nitrogen and oxygen atoms in total. The van der Waals surface area contributed by atoms with Crippen LogP contribution in [0.25, 0.3) is 0 Å². The molecular formula is C10H14ClNS. The summed E-state index contributed by atoms with van der Waals surface area (Å²) in [4.78, 5) is 1.22. The number of hydrogen-bond acceptors (Lipinski definition) is 2. The van der Waals surface area contributed by atoms with E-state index < -0.39 is 0 Å². The van der Waals surface area contributed by atoms with Crippen molar-refractivity contribution in [1.82, 2.24) is 0 Å². The summed E-state index contributed by atoms with van der Waals surface area (Å²) in [6, 6.07) is 8.05. The van der Waals surface area contributed by atoms with Crippen LogP contribution in [0.2, 0.25) is 5.02 Å². The Hall–Kier alpha value is -0.180. The molecule has 3 heteroatoms. The number of nitrogens with two attached hydrogens (primary N) is 1. The number of thioether (sulfide) groups is 1. The highest BCUT2D eigenvalue weighted by molar-refractivity contribution is 8.00. The summed E-state index contributed by atoms with van der Waals surface area (Å²) in [6.45, 7) is 4.15. The molecule has 0 aliphatic carbocycles. The molecule has 1 rings (SSSR count). The molecule has 0 aliphatic heterocycles. The van der Waals surface area contributed by atoms with Crippen LogP contribution in [-0.2, 0) is 0 Å². The molecular weight excluding hydrogens is 202 g/mol. The van der Waals surface area contributed by atoms with Crippen molar-refractivity contribution < 1.29 is 0 Å². The summed E-state index contributed by atoms with van der Waals surface area (Å²) >= 11 is 7.55. The Kier molecular flexibility index (Phi) is 4.10. The fourth-order valence-corrected chi connectivity index (χ4v) is 1.90. The van der Waals surface area contributed by atoms with E-state index in [9.17, 15) is 0 Å². The zero-order valence-corrected chi connectivity index (χ0v) is 9.40. The lowest BCUT2D eigenvalue weighted by Crippen LogP contribution is -2.26. The highest BCUT2D eigenvalue weighted by Gasteiger charge is 2.08. The molecule has 0 saturated heterocycles. The van der Waals surface area contributed by atoms with Gasteiger partial charge in [-0.3, -0.25) is 0 Å². The van der Waals surface area contributed by atoms with Crippen molar-refractivity contribution in [3.8, 4) is 0 Å². The first-order chi connectivity index (χ1) is 6.09. The molecule has 0 spiro atoms. The Morgan fingerprint density at radius 2 is 1.77 bits per heavy atom. The minimum absolute atomic E-state index is 0.209. The average molecular weight is 216 g/mol. The Bertz CT molecular complexity index is 258. The highest BCUT2D eigenvalue weighted by Crippen LogP contribution is 2.25. The molecule has 0 aliphatic rings. The number of halogens is 1. The van der Waals surface area contributed by atoms with Crippen molar-refractivity contribution in [3.05, 3.63) is 29.3 Å². The van der Waals surface area contributed by atoms with Gasteiger partial charge in [-0.05, 0) is 31.2 Å². The Morgan fingerprint density at radius 3 is 2.23 bits per heavy atom. The second kappa shape index (κ2) is 4.89. The van der Waals surface area contributed by atoms with Crippen LogP contribution in [0.15, 0.2) is 29.2 Å². The van der Waals surface area contributed by atoms with Gasteiger partial charge in [0.1, 0.15) is 0 Å². The van der Waals surface area contributed by atoms with E-state index in [4.69, 9.17) is 17.3 Å². The second-order valence-electron chi connectivity index (χ2n) is 3.14. The highest BCUT2D eigenvalue weighted by atomic mass is 35.5. The molecule has 2 unspecified atom stereocenters. The monoisotopic (exact) mass is 215 g/mol. The Labute approximate surface area is 88.7 Å². The van der Waals surface area contributed by atoms with Gasteiger partial charge in [0.2, 0.25) is 0 Å². The van der Waals surface area contributed by atoms with Gasteiger partial charge < -0.3 is 5.73 Å². The number of hydrogen-bond donors (Lipinski definition) is 1. The molecule has 0 heterocycles. The molecule has 72 valence electrons. The van der Waals surface area contributed by atoms with E-state index in [1.54, 1.807) is 11.8 Å². The molecule has 0 fully saturated rings. The lowest BCUT2D eigenvalue weighted by atomic mass is 10.3. The van der Waals surface area contributed by atoms with Crippen LogP contribution in [0, 0.1) is 0 Å². The first kappa shape index (κ1) is 10.9. The fraction of sp³-hybridized carbons (Fsp3) is 0.400. The molecule has 1 aromatic rings. The van der Waals surface area contributed by atoms with Crippen LogP contribution in [-0.4, -0.2) is 11.3 Å². The van der Waals surface area contributed by atoms with E-state index in [0.717, 1.165) is 5.02 Å². The van der Waals surface area contributed by atoms with Crippen LogP contribution in [0.5, 0.6) is 0 Å². The van der Waals surface area contributed by atoms with E-state index in [0.29, 0.717) is 5.25 Å². The van der Waals surface area contributed by atoms with Crippen molar-refractivity contribution in [1.29, 1.82) is 0 Å². The van der Waals surface area contributed by atoms with Gasteiger partial charge in [-0.1, -0.05) is 18.5 Å². The molecule has 0 radical (unpaired) electrons. The van der Waals surface area contributed by atoms with Crippen LogP contribution < -0.4 is 5.73 Å². The van der Waals surface area contributed by atoms with Crippen molar-refractivity contribution in [3.63, 3.8) is 0 Å². The summed E-state index contributed by atoms with van der Waals surface area (Å²) in [7, 11) is 0. The van der Waals surface area contributed by atoms with Crippen LogP contribution in [0.3, 0.4) is 0 Å². The van der Waals surface area contributed by atoms with E-state index >= 15 is 0 Å². The van der Waals surface area contributed by atoms with Crippen LogP contribution in [0.4, 0.5) is 0 Å². The second-order valence-corrected chi connectivity index (χ2v) is 5.02. The zero-order chi connectivity index (χ0) is 9.84. The molecule has 0 saturated carbocycles. The average Bonchev–Trinajstić information content (AvgIpc) is 2.08. The van der Waals surface area contributed by atoms with Crippen molar-refractivity contribution in [2.45, 2.75) is 30.0 Å². The van der Waals surface area contributed by atoms with E-state index in [2.05, 4.69) is 6.92 Å². The van der Waals surface area contributed by atoms with Gasteiger partial charge >= 0.3 is 0 Å². The predicted octanol–water partition coefficient (Wildman–Crippen LogP) is 3.17. The quantitative estimate of drug-likeness (QED) is 0.784. The third-order valence-corrected chi connectivity index (χ3v) is 3.47. The summed E-state index contributed by atoms with van der Waals surface area (Å²) in [5.74, 6) is 0. The van der Waals surface area contributed by atoms with Gasteiger partial charge in [0, 0.05) is 21.2 Å². The Balaban J connectivity index is 2.59. The number of benzene rings is 1. The summed E-state index contributed by atoms with van der Waals surface area (Å²) in [5.41, 5.74) is 5.77. The smallest absolute Gasteiger partial charge is 0.0406 e. The van der Waals surface area contributed by atoms with Crippen molar-refractivity contribution >= 4 is 23.4 Å². The van der Waals surface area contributed by atoms with Crippen LogP contribution >= 0.6 is 23.4 Å². The minimum atomic E-state index is 0.209. The third-order valence-electron chi connectivity index (χ3n) is 1.88. The maximum absolute atomic E-state index is 5.78. The van der Waals surface area contributed by atoms with Crippen LogP contribution in [0.1, 0.15) is 13.8 Å². The van der Waals surface area contributed by atoms with Gasteiger partial charge in [0.05, 0.1) is 0 Å². The van der Waals surface area contributed by atoms with Gasteiger partial charge in [0.25, 0.3) is 0 Å². The van der Waals surface area contributed by atoms with Gasteiger partial charge in [-0.25, -0.2) is 0 Å². The first-order valence-corrected chi connectivity index (χ1v) is 5.53. The molecule has 0 aromatic heterocycles. The molecule has 2 N–H and O–H groups in total. The van der Waals surface area contributed by atoms with Crippen molar-refractivity contribution in [2.24, 2.45) is 5.73 Å². The predicted molar refractivity (Wildman–Crippen MR) is 60.4 cm³/mol. The standard InChI is InChI=1S/C10H14ClNS/c1-7(12)8(2)13-10-5-3-9(11)4-6-10/h3-8H,12H2,1-2H3. The Morgan fingerprint density at radius 1 is 1.23 bits per heavy atom. The third kappa shape index (κ3) is 3.59. The normalized spacial score (nSPS) is 15.4. The van der Waals surface area contributed by atoms with E-state index in [-0.39, 0.29) is 6.04 Å². The SMILES string of the molecule is CC(N)C(C)Sc1ccc(Cl)cc1. The minimum Gasteiger partial charge on any atom is -0.327 e. The maximum atomic E-state index is 5.78. The summed E-state index contributed by atoms with van der Waals surface area (Å²) in [6.07, 6.45) is 0. The lowest BCUT2D eigenvalue weighted by Gasteiger charge is -2.14. The fourth-order valence-electron chi connectivity index (χ4n) is 0.835. The van der Waals surface area contributed by atoms with Crippen molar-refractivity contribution in [2.75, 3.05) is 0 Å².